The summed E-state index contributed by atoms with van der Waals surface area (Å²) in [6.45, 7) is 2.87. The first-order valence-corrected chi connectivity index (χ1v) is 6.35. The van der Waals surface area contributed by atoms with Gasteiger partial charge in [-0.05, 0) is 50.1 Å². The predicted octanol–water partition coefficient (Wildman–Crippen LogP) is 2.73. The molecule has 1 atom stereocenters. The van der Waals surface area contributed by atoms with Crippen molar-refractivity contribution in [3.63, 3.8) is 0 Å². The second kappa shape index (κ2) is 5.52. The molecule has 1 amide bonds. The normalized spacial score (nSPS) is 20.0. The third-order valence-corrected chi connectivity index (χ3v) is 3.31. The van der Waals surface area contributed by atoms with Crippen LogP contribution in [-0.4, -0.2) is 18.5 Å². The van der Waals surface area contributed by atoms with Crippen LogP contribution in [0, 0.1) is 6.92 Å². The summed E-state index contributed by atoms with van der Waals surface area (Å²) in [5.41, 5.74) is 1.83. The molecule has 1 aromatic rings. The molecule has 0 radical (unpaired) electrons. The van der Waals surface area contributed by atoms with Gasteiger partial charge in [0.15, 0.2) is 0 Å². The Kier molecular flexibility index (Phi) is 4.02. The molecule has 1 aliphatic heterocycles. The Morgan fingerprint density at radius 3 is 2.94 bits per heavy atom. The molecule has 0 unspecified atom stereocenters. The summed E-state index contributed by atoms with van der Waals surface area (Å²) in [5.74, 6) is 0.0510. The number of aryl methyl sites for hydroxylation is 1. The number of benzene rings is 1. The summed E-state index contributed by atoms with van der Waals surface area (Å²) < 4.78 is 0. The first-order valence-electron chi connectivity index (χ1n) is 5.97. The third kappa shape index (κ3) is 3.20. The summed E-state index contributed by atoms with van der Waals surface area (Å²) >= 11 is 5.88. The van der Waals surface area contributed by atoms with E-state index in [1.807, 2.05) is 19.1 Å². The molecule has 1 fully saturated rings. The summed E-state index contributed by atoms with van der Waals surface area (Å²) in [5, 5.41) is 6.87. The van der Waals surface area contributed by atoms with Crippen LogP contribution < -0.4 is 10.6 Å². The summed E-state index contributed by atoms with van der Waals surface area (Å²) in [6.07, 6.45) is 3.19. The van der Waals surface area contributed by atoms with Gasteiger partial charge in [0.2, 0.25) is 5.91 Å². The van der Waals surface area contributed by atoms with Gasteiger partial charge in [0.25, 0.3) is 0 Å². The molecule has 17 heavy (non-hydrogen) atoms. The van der Waals surface area contributed by atoms with Crippen molar-refractivity contribution >= 4 is 23.2 Å². The van der Waals surface area contributed by atoms with Gasteiger partial charge in [-0.25, -0.2) is 0 Å². The van der Waals surface area contributed by atoms with Gasteiger partial charge in [0.1, 0.15) is 0 Å². The average Bonchev–Trinajstić information content (AvgIpc) is 2.34. The number of rotatable bonds is 2. The van der Waals surface area contributed by atoms with Crippen LogP contribution in [0.15, 0.2) is 18.2 Å². The van der Waals surface area contributed by atoms with E-state index in [1.54, 1.807) is 6.07 Å². The molecule has 3 nitrogen and oxygen atoms in total. The zero-order valence-corrected chi connectivity index (χ0v) is 10.7. The van der Waals surface area contributed by atoms with Crippen LogP contribution in [0.1, 0.15) is 24.8 Å². The SMILES string of the molecule is Cc1cc(Cl)ccc1NC(=O)[C@H]1CCCCN1. The number of amides is 1. The summed E-state index contributed by atoms with van der Waals surface area (Å²) in [6, 6.07) is 5.43. The minimum atomic E-state index is -0.0566. The second-order valence-electron chi connectivity index (χ2n) is 4.45. The lowest BCUT2D eigenvalue weighted by Crippen LogP contribution is -2.43. The molecule has 92 valence electrons. The fourth-order valence-electron chi connectivity index (χ4n) is 2.06. The molecule has 0 spiro atoms. The summed E-state index contributed by atoms with van der Waals surface area (Å²) in [7, 11) is 0. The first-order chi connectivity index (χ1) is 8.16. The third-order valence-electron chi connectivity index (χ3n) is 3.07. The van der Waals surface area contributed by atoms with E-state index in [2.05, 4.69) is 10.6 Å². The smallest absolute Gasteiger partial charge is 0.241 e. The molecule has 0 bridgehead atoms. The van der Waals surface area contributed by atoms with Crippen molar-refractivity contribution in [3.8, 4) is 0 Å². The van der Waals surface area contributed by atoms with Crippen LogP contribution in [0.4, 0.5) is 5.69 Å². The highest BCUT2D eigenvalue weighted by molar-refractivity contribution is 6.30. The number of hydrogen-bond acceptors (Lipinski definition) is 2. The average molecular weight is 253 g/mol. The Labute approximate surface area is 107 Å². The van der Waals surface area contributed by atoms with Gasteiger partial charge in [0, 0.05) is 10.7 Å². The van der Waals surface area contributed by atoms with E-state index in [1.165, 1.54) is 0 Å². The molecule has 1 aliphatic rings. The van der Waals surface area contributed by atoms with E-state index in [4.69, 9.17) is 11.6 Å². The molecular weight excluding hydrogens is 236 g/mol. The lowest BCUT2D eigenvalue weighted by Gasteiger charge is -2.22. The van der Waals surface area contributed by atoms with E-state index >= 15 is 0 Å². The second-order valence-corrected chi connectivity index (χ2v) is 4.89. The van der Waals surface area contributed by atoms with E-state index in [0.717, 1.165) is 37.1 Å². The van der Waals surface area contributed by atoms with Gasteiger partial charge in [-0.2, -0.15) is 0 Å². The monoisotopic (exact) mass is 252 g/mol. The van der Waals surface area contributed by atoms with E-state index < -0.39 is 0 Å². The predicted molar refractivity (Wildman–Crippen MR) is 70.5 cm³/mol. The summed E-state index contributed by atoms with van der Waals surface area (Å²) in [4.78, 5) is 12.0. The molecule has 2 rings (SSSR count). The first kappa shape index (κ1) is 12.4. The Morgan fingerprint density at radius 2 is 2.29 bits per heavy atom. The topological polar surface area (TPSA) is 41.1 Å². The highest BCUT2D eigenvalue weighted by atomic mass is 35.5. The van der Waals surface area contributed by atoms with Crippen molar-refractivity contribution in [1.29, 1.82) is 0 Å². The zero-order chi connectivity index (χ0) is 12.3. The highest BCUT2D eigenvalue weighted by Crippen LogP contribution is 2.20. The van der Waals surface area contributed by atoms with Gasteiger partial charge < -0.3 is 10.6 Å². The van der Waals surface area contributed by atoms with E-state index in [9.17, 15) is 4.79 Å². The quantitative estimate of drug-likeness (QED) is 0.850. The van der Waals surface area contributed by atoms with Crippen molar-refractivity contribution in [2.75, 3.05) is 11.9 Å². The lowest BCUT2D eigenvalue weighted by molar-refractivity contribution is -0.118. The zero-order valence-electron chi connectivity index (χ0n) is 9.92. The fraction of sp³-hybridized carbons (Fsp3) is 0.462. The van der Waals surface area contributed by atoms with Crippen LogP contribution in [0.2, 0.25) is 5.02 Å². The van der Waals surface area contributed by atoms with E-state index in [-0.39, 0.29) is 11.9 Å². The number of piperidine rings is 1. The fourth-order valence-corrected chi connectivity index (χ4v) is 2.29. The van der Waals surface area contributed by atoms with E-state index in [0.29, 0.717) is 5.02 Å². The molecule has 1 heterocycles. The number of anilines is 1. The minimum absolute atomic E-state index is 0.0510. The molecule has 0 saturated carbocycles. The van der Waals surface area contributed by atoms with Crippen molar-refractivity contribution in [3.05, 3.63) is 28.8 Å². The van der Waals surface area contributed by atoms with Crippen molar-refractivity contribution in [2.24, 2.45) is 0 Å². The number of hydrogen-bond donors (Lipinski definition) is 2. The van der Waals surface area contributed by atoms with Gasteiger partial charge in [-0.3, -0.25) is 4.79 Å². The maximum absolute atomic E-state index is 12.0. The maximum atomic E-state index is 12.0. The molecule has 1 saturated heterocycles. The molecule has 0 aromatic heterocycles. The van der Waals surface area contributed by atoms with Crippen LogP contribution >= 0.6 is 11.6 Å². The molecule has 2 N–H and O–H groups in total. The van der Waals surface area contributed by atoms with Crippen LogP contribution in [-0.2, 0) is 4.79 Å². The lowest BCUT2D eigenvalue weighted by atomic mass is 10.0. The molecular formula is C13H17ClN2O. The van der Waals surface area contributed by atoms with Gasteiger partial charge in [-0.15, -0.1) is 0 Å². The Hall–Kier alpha value is -1.06. The van der Waals surface area contributed by atoms with Gasteiger partial charge in [0.05, 0.1) is 6.04 Å². The van der Waals surface area contributed by atoms with Crippen molar-refractivity contribution in [2.45, 2.75) is 32.2 Å². The minimum Gasteiger partial charge on any atom is -0.324 e. The van der Waals surface area contributed by atoms with Crippen LogP contribution in [0.25, 0.3) is 0 Å². The standard InChI is InChI=1S/C13H17ClN2O/c1-9-8-10(14)5-6-11(9)16-13(17)12-4-2-3-7-15-12/h5-6,8,12,15H,2-4,7H2,1H3,(H,16,17)/t12-/m1/s1. The Bertz CT molecular complexity index is 414. The van der Waals surface area contributed by atoms with Crippen LogP contribution in [0.3, 0.4) is 0 Å². The number of carbonyl (C=O) groups excluding carboxylic acids is 1. The number of nitrogens with one attached hydrogen (secondary N) is 2. The van der Waals surface area contributed by atoms with Crippen LogP contribution in [0.5, 0.6) is 0 Å². The van der Waals surface area contributed by atoms with Gasteiger partial charge in [-0.1, -0.05) is 18.0 Å². The Balaban J connectivity index is 2.02. The number of halogens is 1. The maximum Gasteiger partial charge on any atom is 0.241 e. The van der Waals surface area contributed by atoms with Crippen molar-refractivity contribution < 1.29 is 4.79 Å². The molecule has 4 heteroatoms. The number of carbonyl (C=O) groups is 1. The Morgan fingerprint density at radius 1 is 1.47 bits per heavy atom. The van der Waals surface area contributed by atoms with Gasteiger partial charge >= 0.3 is 0 Å². The highest BCUT2D eigenvalue weighted by Gasteiger charge is 2.20. The van der Waals surface area contributed by atoms with Crippen molar-refractivity contribution in [1.82, 2.24) is 5.32 Å². The molecule has 0 aliphatic carbocycles. The molecule has 1 aromatic carbocycles. The largest absolute Gasteiger partial charge is 0.324 e.